The van der Waals surface area contributed by atoms with Gasteiger partial charge in [-0.2, -0.15) is 0 Å². The van der Waals surface area contributed by atoms with Crippen molar-refractivity contribution in [3.8, 4) is 11.5 Å². The van der Waals surface area contributed by atoms with Gasteiger partial charge in [0.2, 0.25) is 6.79 Å². The van der Waals surface area contributed by atoms with Gasteiger partial charge in [0, 0.05) is 11.9 Å². The maximum Gasteiger partial charge on any atom is 0.338 e. The SMILES string of the molecule is CS(=O)(=O)c1cccc(NC(=O)COC(=O)c2cc(Cl)c3c(c2)OCO3)c1. The van der Waals surface area contributed by atoms with E-state index in [0.29, 0.717) is 11.5 Å². The molecule has 0 saturated carbocycles. The molecule has 10 heteroatoms. The zero-order chi connectivity index (χ0) is 19.6. The average Bonchev–Trinajstić information content (AvgIpc) is 3.08. The van der Waals surface area contributed by atoms with Gasteiger partial charge in [-0.15, -0.1) is 0 Å². The molecule has 1 aliphatic heterocycles. The molecule has 0 aromatic heterocycles. The van der Waals surface area contributed by atoms with Gasteiger partial charge in [-0.05, 0) is 30.3 Å². The normalized spacial score (nSPS) is 12.5. The fourth-order valence-electron chi connectivity index (χ4n) is 2.30. The van der Waals surface area contributed by atoms with Gasteiger partial charge < -0.3 is 19.5 Å². The molecule has 1 aliphatic rings. The Morgan fingerprint density at radius 2 is 2.00 bits per heavy atom. The predicted octanol–water partition coefficient (Wildman–Crippen LogP) is 2.27. The molecule has 2 aromatic rings. The van der Waals surface area contributed by atoms with Crippen LogP contribution in [0, 0.1) is 0 Å². The maximum absolute atomic E-state index is 12.1. The summed E-state index contributed by atoms with van der Waals surface area (Å²) in [6.07, 6.45) is 1.06. The predicted molar refractivity (Wildman–Crippen MR) is 96.0 cm³/mol. The molecule has 0 unspecified atom stereocenters. The first-order valence-electron chi connectivity index (χ1n) is 7.60. The first kappa shape index (κ1) is 19.0. The highest BCUT2D eigenvalue weighted by molar-refractivity contribution is 7.90. The highest BCUT2D eigenvalue weighted by Gasteiger charge is 2.21. The van der Waals surface area contributed by atoms with Crippen LogP contribution in [0.3, 0.4) is 0 Å². The molecular formula is C17H14ClNO7S. The third kappa shape index (κ3) is 4.50. The lowest BCUT2D eigenvalue weighted by Gasteiger charge is -2.08. The topological polar surface area (TPSA) is 108 Å². The number of anilines is 1. The number of nitrogens with one attached hydrogen (secondary N) is 1. The Labute approximate surface area is 159 Å². The van der Waals surface area contributed by atoms with Gasteiger partial charge >= 0.3 is 5.97 Å². The summed E-state index contributed by atoms with van der Waals surface area (Å²) >= 11 is 6.00. The molecule has 0 radical (unpaired) electrons. The first-order valence-corrected chi connectivity index (χ1v) is 9.87. The van der Waals surface area contributed by atoms with E-state index in [0.717, 1.165) is 6.26 Å². The monoisotopic (exact) mass is 411 g/mol. The van der Waals surface area contributed by atoms with Crippen LogP contribution >= 0.6 is 11.6 Å². The summed E-state index contributed by atoms with van der Waals surface area (Å²) in [5.41, 5.74) is 0.376. The standard InChI is InChI=1S/C17H14ClNO7S/c1-27(22,23)12-4-2-3-11(7-12)19-15(20)8-24-17(21)10-5-13(18)16-14(6-10)25-9-26-16/h2-7H,8-9H2,1H3,(H,19,20). The number of esters is 1. The van der Waals surface area contributed by atoms with E-state index < -0.39 is 28.3 Å². The van der Waals surface area contributed by atoms with Crippen LogP contribution < -0.4 is 14.8 Å². The van der Waals surface area contributed by atoms with E-state index in [9.17, 15) is 18.0 Å². The number of carbonyl (C=O) groups excluding carboxylic acids is 2. The van der Waals surface area contributed by atoms with Gasteiger partial charge in [-0.3, -0.25) is 4.79 Å². The quantitative estimate of drug-likeness (QED) is 0.752. The van der Waals surface area contributed by atoms with Gasteiger partial charge in [0.25, 0.3) is 5.91 Å². The van der Waals surface area contributed by atoms with E-state index in [1.165, 1.54) is 36.4 Å². The van der Waals surface area contributed by atoms with Crippen molar-refractivity contribution in [3.05, 3.63) is 47.0 Å². The summed E-state index contributed by atoms with van der Waals surface area (Å²) in [6.45, 7) is -0.559. The van der Waals surface area contributed by atoms with Crippen LogP contribution in [0.4, 0.5) is 5.69 Å². The van der Waals surface area contributed by atoms with Gasteiger partial charge in [0.1, 0.15) is 0 Å². The number of benzene rings is 2. The van der Waals surface area contributed by atoms with E-state index in [2.05, 4.69) is 5.32 Å². The molecule has 3 rings (SSSR count). The van der Waals surface area contributed by atoms with Crippen LogP contribution in [-0.2, 0) is 19.4 Å². The molecule has 0 bridgehead atoms. The molecule has 0 atom stereocenters. The van der Waals surface area contributed by atoms with Crippen LogP contribution in [0.5, 0.6) is 11.5 Å². The lowest BCUT2D eigenvalue weighted by Crippen LogP contribution is -2.21. The molecule has 27 heavy (non-hydrogen) atoms. The zero-order valence-electron chi connectivity index (χ0n) is 14.0. The maximum atomic E-state index is 12.1. The third-order valence-electron chi connectivity index (χ3n) is 3.54. The Morgan fingerprint density at radius 1 is 1.22 bits per heavy atom. The fraction of sp³-hybridized carbons (Fsp3) is 0.176. The van der Waals surface area contributed by atoms with Crippen molar-refractivity contribution in [1.29, 1.82) is 0 Å². The molecular weight excluding hydrogens is 398 g/mol. The minimum absolute atomic E-state index is 0.00248. The molecule has 1 amide bonds. The molecule has 1 N–H and O–H groups in total. The highest BCUT2D eigenvalue weighted by Crippen LogP contribution is 2.39. The van der Waals surface area contributed by atoms with Crippen LogP contribution in [-0.4, -0.2) is 39.9 Å². The summed E-state index contributed by atoms with van der Waals surface area (Å²) < 4.78 is 38.3. The average molecular weight is 412 g/mol. The summed E-state index contributed by atoms with van der Waals surface area (Å²) in [5, 5.41) is 2.66. The molecule has 8 nitrogen and oxygen atoms in total. The Hall–Kier alpha value is -2.78. The van der Waals surface area contributed by atoms with Crippen LogP contribution in [0.15, 0.2) is 41.3 Å². The van der Waals surface area contributed by atoms with E-state index in [1.807, 2.05) is 0 Å². The Bertz CT molecular complexity index is 1020. The molecule has 1 heterocycles. The number of fused-ring (bicyclic) bond motifs is 1. The van der Waals surface area contributed by atoms with E-state index in [4.69, 9.17) is 25.8 Å². The van der Waals surface area contributed by atoms with Gasteiger partial charge in [-0.1, -0.05) is 17.7 Å². The van der Waals surface area contributed by atoms with Crippen LogP contribution in [0.2, 0.25) is 5.02 Å². The number of halogens is 1. The molecule has 0 saturated heterocycles. The largest absolute Gasteiger partial charge is 0.454 e. The smallest absolute Gasteiger partial charge is 0.338 e. The number of carbonyl (C=O) groups is 2. The molecule has 0 aliphatic carbocycles. The third-order valence-corrected chi connectivity index (χ3v) is 4.93. The van der Waals surface area contributed by atoms with Crippen molar-refractivity contribution in [3.63, 3.8) is 0 Å². The first-order chi connectivity index (χ1) is 12.7. The summed E-state index contributed by atoms with van der Waals surface area (Å²) in [6, 6.07) is 8.49. The van der Waals surface area contributed by atoms with E-state index >= 15 is 0 Å². The number of hydrogen-bond donors (Lipinski definition) is 1. The molecule has 0 fully saturated rings. The lowest BCUT2D eigenvalue weighted by molar-refractivity contribution is -0.119. The minimum Gasteiger partial charge on any atom is -0.454 e. The second-order valence-electron chi connectivity index (χ2n) is 5.62. The number of hydrogen-bond acceptors (Lipinski definition) is 7. The van der Waals surface area contributed by atoms with Gasteiger partial charge in [0.15, 0.2) is 27.9 Å². The molecule has 2 aromatic carbocycles. The number of rotatable bonds is 5. The minimum atomic E-state index is -3.40. The second kappa shape index (κ2) is 7.45. The summed E-state index contributed by atoms with van der Waals surface area (Å²) in [4.78, 5) is 24.1. The van der Waals surface area contributed by atoms with Crippen LogP contribution in [0.25, 0.3) is 0 Å². The Balaban J connectivity index is 1.61. The molecule has 142 valence electrons. The Kier molecular flexibility index (Phi) is 5.24. The van der Waals surface area contributed by atoms with Gasteiger partial charge in [0.05, 0.1) is 15.5 Å². The number of amides is 1. The van der Waals surface area contributed by atoms with Crippen molar-refractivity contribution in [1.82, 2.24) is 0 Å². The molecule has 0 spiro atoms. The van der Waals surface area contributed by atoms with Crippen molar-refractivity contribution >= 4 is 39.0 Å². The second-order valence-corrected chi connectivity index (χ2v) is 8.04. The fourth-order valence-corrected chi connectivity index (χ4v) is 3.23. The van der Waals surface area contributed by atoms with Gasteiger partial charge in [-0.25, -0.2) is 13.2 Å². The highest BCUT2D eigenvalue weighted by atomic mass is 35.5. The van der Waals surface area contributed by atoms with E-state index in [-0.39, 0.29) is 28.0 Å². The number of sulfone groups is 1. The lowest BCUT2D eigenvalue weighted by atomic mass is 10.2. The van der Waals surface area contributed by atoms with Crippen molar-refractivity contribution in [2.24, 2.45) is 0 Å². The summed E-state index contributed by atoms with van der Waals surface area (Å²) in [7, 11) is -3.40. The van der Waals surface area contributed by atoms with Crippen molar-refractivity contribution in [2.45, 2.75) is 4.90 Å². The van der Waals surface area contributed by atoms with Crippen molar-refractivity contribution < 1.29 is 32.2 Å². The number of ether oxygens (including phenoxy) is 3. The van der Waals surface area contributed by atoms with Crippen molar-refractivity contribution in [2.75, 3.05) is 25.0 Å². The van der Waals surface area contributed by atoms with Crippen LogP contribution in [0.1, 0.15) is 10.4 Å². The zero-order valence-corrected chi connectivity index (χ0v) is 15.6. The Morgan fingerprint density at radius 3 is 2.74 bits per heavy atom. The van der Waals surface area contributed by atoms with E-state index in [1.54, 1.807) is 0 Å². The summed E-state index contributed by atoms with van der Waals surface area (Å²) in [5.74, 6) is -0.732.